The number of carbonyl (C=O) groups is 1. The number of rotatable bonds is 0. The summed E-state index contributed by atoms with van der Waals surface area (Å²) in [5, 5.41) is 7.12. The number of benzene rings is 1. The number of carboxylic acid groups (broad SMARTS) is 1. The fraction of sp³-hybridized carbons (Fsp3) is 0.273. The lowest BCUT2D eigenvalue weighted by Crippen LogP contribution is -2.21. The molecule has 1 aromatic heterocycles. The van der Waals surface area contributed by atoms with Crippen LogP contribution in [0.1, 0.15) is 5.56 Å². The average molecular weight is 290 g/mol. The predicted octanol–water partition coefficient (Wildman–Crippen LogP) is 1.68. The lowest BCUT2D eigenvalue weighted by Gasteiger charge is -2.00. The summed E-state index contributed by atoms with van der Waals surface area (Å²) in [7, 11) is 1.89. The maximum atomic E-state index is 10.6. The number of aryl methyl sites for hydroxylation is 2. The monoisotopic (exact) mass is 290 g/mol. The van der Waals surface area contributed by atoms with E-state index >= 15 is 0 Å². The highest BCUT2D eigenvalue weighted by Gasteiger charge is 2.38. The van der Waals surface area contributed by atoms with Crippen LogP contribution in [0.3, 0.4) is 0 Å². The Labute approximate surface area is 111 Å². The number of nitrogens with zero attached hydrogens (tertiary/aromatic N) is 2. The summed E-state index contributed by atoms with van der Waals surface area (Å²) >= 11 is 0. The van der Waals surface area contributed by atoms with Crippen LogP contribution in [0, 0.1) is 6.92 Å². The summed E-state index contributed by atoms with van der Waals surface area (Å²) in [5.74, 6) is -2.24. The van der Waals surface area contributed by atoms with Crippen molar-refractivity contribution in [2.75, 3.05) is 11.5 Å². The average Bonchev–Trinajstić information content (AvgIpc) is 2.61. The molecule has 0 fully saturated rings. The Morgan fingerprint density at radius 3 is 2.30 bits per heavy atom. The van der Waals surface area contributed by atoms with Crippen molar-refractivity contribution in [1.29, 1.82) is 0 Å². The van der Waals surface area contributed by atoms with Gasteiger partial charge in [0.25, 0.3) is 0 Å². The van der Waals surface area contributed by atoms with E-state index in [0.717, 1.165) is 22.3 Å². The highest BCUT2D eigenvalue weighted by Crippen LogP contribution is 2.23. The lowest BCUT2D eigenvalue weighted by atomic mass is 10.1. The van der Waals surface area contributed by atoms with Gasteiger partial charge >= 0.3 is 12.1 Å². The van der Waals surface area contributed by atoms with Crippen LogP contribution in [0.5, 0.6) is 0 Å². The van der Waals surface area contributed by atoms with E-state index in [1.807, 2.05) is 30.7 Å². The Balaban J connectivity index is 0.000000246. The Morgan fingerprint density at radius 2 is 1.85 bits per heavy atom. The number of hydrogen-bond acceptors (Lipinski definition) is 4. The zero-order chi connectivity index (χ0) is 15.7. The third-order valence-corrected chi connectivity index (χ3v) is 2.63. The van der Waals surface area contributed by atoms with Gasteiger partial charge in [-0.1, -0.05) is 0 Å². The first-order valence-electron chi connectivity index (χ1n) is 5.32. The summed E-state index contributed by atoms with van der Waals surface area (Å²) in [6.07, 6.45) is -5.08. The molecule has 2 aromatic rings. The van der Waals surface area contributed by atoms with Gasteiger partial charge in [-0.2, -0.15) is 13.2 Å². The minimum absolute atomic E-state index is 0.517. The van der Waals surface area contributed by atoms with Crippen LogP contribution in [-0.4, -0.2) is 26.8 Å². The van der Waals surface area contributed by atoms with E-state index < -0.39 is 12.1 Å². The molecular weight excluding hydrogens is 277 g/mol. The van der Waals surface area contributed by atoms with E-state index in [2.05, 4.69) is 4.98 Å². The van der Waals surface area contributed by atoms with Crippen molar-refractivity contribution in [3.8, 4) is 0 Å². The molecule has 0 atom stereocenters. The number of aromatic nitrogens is 2. The van der Waals surface area contributed by atoms with Crippen molar-refractivity contribution in [2.24, 2.45) is 7.05 Å². The maximum absolute atomic E-state index is 10.6. The molecule has 0 saturated heterocycles. The van der Waals surface area contributed by atoms with Crippen molar-refractivity contribution >= 4 is 28.6 Å². The van der Waals surface area contributed by atoms with Crippen LogP contribution in [0.2, 0.25) is 0 Å². The topological polar surface area (TPSA) is 107 Å². The molecule has 2 rings (SSSR count). The summed E-state index contributed by atoms with van der Waals surface area (Å²) < 4.78 is 33.6. The smallest absolute Gasteiger partial charge is 0.475 e. The molecule has 0 saturated carbocycles. The van der Waals surface area contributed by atoms with Gasteiger partial charge in [-0.05, 0) is 24.6 Å². The third kappa shape index (κ3) is 3.11. The number of fused-ring (bicyclic) bond motifs is 1. The van der Waals surface area contributed by atoms with Crippen LogP contribution in [0.15, 0.2) is 12.1 Å². The lowest BCUT2D eigenvalue weighted by molar-refractivity contribution is -0.192. The number of hydrogen-bond donors (Lipinski definition) is 3. The summed E-state index contributed by atoms with van der Waals surface area (Å²) in [4.78, 5) is 13.1. The summed E-state index contributed by atoms with van der Waals surface area (Å²) in [6, 6.07) is 3.81. The minimum atomic E-state index is -5.08. The molecule has 0 aliphatic rings. The van der Waals surface area contributed by atoms with E-state index in [0.29, 0.717) is 5.95 Å². The van der Waals surface area contributed by atoms with Gasteiger partial charge in [-0.25, -0.2) is 9.78 Å². The van der Waals surface area contributed by atoms with Crippen LogP contribution in [-0.2, 0) is 11.8 Å². The molecule has 6 nitrogen and oxygen atoms in total. The molecule has 0 aliphatic heterocycles. The minimum Gasteiger partial charge on any atom is -0.475 e. The van der Waals surface area contributed by atoms with Gasteiger partial charge in [0.1, 0.15) is 0 Å². The second kappa shape index (κ2) is 5.27. The van der Waals surface area contributed by atoms with Crippen molar-refractivity contribution in [1.82, 2.24) is 9.55 Å². The number of anilines is 2. The first kappa shape index (κ1) is 15.6. The number of carboxylic acids is 1. The Kier molecular flexibility index (Phi) is 4.11. The molecule has 0 aliphatic carbocycles. The van der Waals surface area contributed by atoms with Gasteiger partial charge in [0.2, 0.25) is 5.95 Å². The number of imidazole rings is 1. The highest BCUT2D eigenvalue weighted by atomic mass is 19.4. The Hall–Kier alpha value is -2.45. The Morgan fingerprint density at radius 1 is 1.35 bits per heavy atom. The van der Waals surface area contributed by atoms with Crippen LogP contribution in [0.25, 0.3) is 11.0 Å². The van der Waals surface area contributed by atoms with Gasteiger partial charge in [0, 0.05) is 12.7 Å². The molecular formula is C11H13F3N4O2. The number of aliphatic carboxylic acids is 1. The molecule has 110 valence electrons. The third-order valence-electron chi connectivity index (χ3n) is 2.63. The molecule has 1 aromatic carbocycles. The Bertz CT molecular complexity index is 649. The zero-order valence-electron chi connectivity index (χ0n) is 10.7. The molecule has 0 unspecified atom stereocenters. The molecule has 9 heteroatoms. The number of nitrogen functional groups attached to an aromatic ring is 2. The van der Waals surface area contributed by atoms with Gasteiger partial charge < -0.3 is 21.1 Å². The van der Waals surface area contributed by atoms with Crippen molar-refractivity contribution in [2.45, 2.75) is 13.1 Å². The molecule has 1 heterocycles. The largest absolute Gasteiger partial charge is 0.490 e. The first-order valence-corrected chi connectivity index (χ1v) is 5.32. The summed E-state index contributed by atoms with van der Waals surface area (Å²) in [6.45, 7) is 1.95. The van der Waals surface area contributed by atoms with Crippen LogP contribution in [0.4, 0.5) is 24.8 Å². The summed E-state index contributed by atoms with van der Waals surface area (Å²) in [5.41, 5.74) is 15.1. The predicted molar refractivity (Wildman–Crippen MR) is 68.0 cm³/mol. The highest BCUT2D eigenvalue weighted by molar-refractivity contribution is 5.85. The zero-order valence-corrected chi connectivity index (χ0v) is 10.7. The molecule has 0 amide bonds. The standard InChI is InChI=1S/C9H12N4.C2HF3O2/c1-5-6(10)3-4-7-8(5)12-9(11)13(7)2;3-2(4,5)1(6)7/h3-4H,10H2,1-2H3,(H2,11,12);(H,6,7). The molecule has 0 spiro atoms. The second-order valence-electron chi connectivity index (χ2n) is 3.98. The van der Waals surface area contributed by atoms with Crippen LogP contribution < -0.4 is 11.5 Å². The maximum Gasteiger partial charge on any atom is 0.490 e. The van der Waals surface area contributed by atoms with Crippen molar-refractivity contribution < 1.29 is 23.1 Å². The fourth-order valence-corrected chi connectivity index (χ4v) is 1.43. The van der Waals surface area contributed by atoms with E-state index in [1.54, 1.807) is 0 Å². The normalized spacial score (nSPS) is 11.1. The van der Waals surface area contributed by atoms with E-state index in [4.69, 9.17) is 21.4 Å². The van der Waals surface area contributed by atoms with E-state index in [1.165, 1.54) is 0 Å². The quantitative estimate of drug-likeness (QED) is 0.640. The molecule has 5 N–H and O–H groups in total. The van der Waals surface area contributed by atoms with Gasteiger partial charge in [0.15, 0.2) is 0 Å². The second-order valence-corrected chi connectivity index (χ2v) is 3.98. The molecule has 0 radical (unpaired) electrons. The van der Waals surface area contributed by atoms with Gasteiger partial charge in [0.05, 0.1) is 11.0 Å². The fourth-order valence-electron chi connectivity index (χ4n) is 1.43. The van der Waals surface area contributed by atoms with Crippen LogP contribution >= 0.6 is 0 Å². The SMILES string of the molecule is Cc1c(N)ccc2c1nc(N)n2C.O=C(O)C(F)(F)F. The van der Waals surface area contributed by atoms with Crippen molar-refractivity contribution in [3.05, 3.63) is 17.7 Å². The van der Waals surface area contributed by atoms with E-state index in [-0.39, 0.29) is 0 Å². The molecule has 20 heavy (non-hydrogen) atoms. The van der Waals surface area contributed by atoms with E-state index in [9.17, 15) is 13.2 Å². The number of nitrogens with two attached hydrogens (primary N) is 2. The van der Waals surface area contributed by atoms with Gasteiger partial charge in [-0.15, -0.1) is 0 Å². The van der Waals surface area contributed by atoms with Crippen molar-refractivity contribution in [3.63, 3.8) is 0 Å². The number of alkyl halides is 3. The van der Waals surface area contributed by atoms with Gasteiger partial charge in [-0.3, -0.25) is 0 Å². The number of halogens is 3. The molecule has 0 bridgehead atoms. The first-order chi connectivity index (χ1) is 9.05.